The molecule has 0 aliphatic rings. The number of allylic oxidation sites excluding steroid dienone is 1. The summed E-state index contributed by atoms with van der Waals surface area (Å²) < 4.78 is 0.865. The van der Waals surface area contributed by atoms with E-state index in [0.29, 0.717) is 5.35 Å². The molecule has 0 fully saturated rings. The number of rotatable bonds is 1. The largest absolute Gasteiger partial charge is 0.388 e. The third kappa shape index (κ3) is 1.52. The molecule has 0 aliphatic heterocycles. The maximum Gasteiger partial charge on any atom is 0.138 e. The predicted molar refractivity (Wildman–Crippen MR) is 49.2 cm³/mol. The molecule has 0 atom stereocenters. The zero-order valence-corrected chi connectivity index (χ0v) is 7.14. The number of nitrogens with zero attached hydrogens (tertiary/aromatic N) is 2. The van der Waals surface area contributed by atoms with Gasteiger partial charge in [-0.3, -0.25) is 0 Å². The van der Waals surface area contributed by atoms with E-state index in [1.807, 2.05) is 6.07 Å². The van der Waals surface area contributed by atoms with Crippen LogP contribution >= 0.6 is 11.3 Å². The van der Waals surface area contributed by atoms with Crippen LogP contribution in [-0.4, -0.2) is 4.98 Å². The minimum Gasteiger partial charge on any atom is -0.388 e. The van der Waals surface area contributed by atoms with Crippen molar-refractivity contribution in [3.8, 4) is 6.07 Å². The second-order valence-corrected chi connectivity index (χ2v) is 2.88. The molecule has 2 N–H and O–H groups in total. The first-order chi connectivity index (χ1) is 5.79. The SMILES string of the molecule is C=C/C=c1/scn/c1=C(/N)C#N. The fourth-order valence-electron chi connectivity index (χ4n) is 0.736. The molecule has 1 rings (SSSR count). The molecule has 3 nitrogen and oxygen atoms in total. The summed E-state index contributed by atoms with van der Waals surface area (Å²) in [7, 11) is 0. The normalized spacial score (nSPS) is 13.8. The first-order valence-electron chi connectivity index (χ1n) is 3.21. The molecule has 1 heterocycles. The van der Waals surface area contributed by atoms with Gasteiger partial charge in [-0.05, 0) is 6.08 Å². The van der Waals surface area contributed by atoms with Crippen LogP contribution in [0.3, 0.4) is 0 Å². The van der Waals surface area contributed by atoms with Gasteiger partial charge < -0.3 is 5.73 Å². The van der Waals surface area contributed by atoms with E-state index in [1.165, 1.54) is 11.3 Å². The number of hydrogen-bond donors (Lipinski definition) is 1. The Hall–Kier alpha value is -1.60. The zero-order chi connectivity index (χ0) is 8.97. The summed E-state index contributed by atoms with van der Waals surface area (Å²) in [6, 6.07) is 1.85. The quantitative estimate of drug-likeness (QED) is 0.640. The highest BCUT2D eigenvalue weighted by Crippen LogP contribution is 1.79. The van der Waals surface area contributed by atoms with Crippen molar-refractivity contribution >= 4 is 23.1 Å². The Bertz CT molecular complexity index is 436. The zero-order valence-electron chi connectivity index (χ0n) is 6.32. The maximum absolute atomic E-state index is 8.51. The fourth-order valence-corrected chi connectivity index (χ4v) is 1.46. The highest BCUT2D eigenvalue weighted by molar-refractivity contribution is 7.07. The number of nitrogens with two attached hydrogens (primary N) is 1. The summed E-state index contributed by atoms with van der Waals surface area (Å²) in [6.07, 6.45) is 3.42. The lowest BCUT2D eigenvalue weighted by Gasteiger charge is -1.79. The van der Waals surface area contributed by atoms with E-state index in [-0.39, 0.29) is 5.70 Å². The second-order valence-electron chi connectivity index (χ2n) is 1.99. The van der Waals surface area contributed by atoms with Crippen LogP contribution in [0.25, 0.3) is 11.8 Å². The molecule has 0 saturated carbocycles. The first-order valence-corrected chi connectivity index (χ1v) is 4.09. The molecular weight excluding hydrogens is 170 g/mol. The molecular formula is C8H7N3S. The Morgan fingerprint density at radius 1 is 1.83 bits per heavy atom. The van der Waals surface area contributed by atoms with E-state index < -0.39 is 0 Å². The van der Waals surface area contributed by atoms with Crippen LogP contribution in [-0.2, 0) is 0 Å². The molecule has 0 aromatic carbocycles. The van der Waals surface area contributed by atoms with E-state index in [4.69, 9.17) is 11.0 Å². The highest BCUT2D eigenvalue weighted by atomic mass is 32.1. The van der Waals surface area contributed by atoms with E-state index in [1.54, 1.807) is 17.7 Å². The molecule has 12 heavy (non-hydrogen) atoms. The van der Waals surface area contributed by atoms with Crippen molar-refractivity contribution in [2.75, 3.05) is 0 Å². The van der Waals surface area contributed by atoms with E-state index in [9.17, 15) is 0 Å². The standard InChI is InChI=1S/C8H7N3S/c1-2-3-7-8(6(10)4-9)11-5-12-7/h2-3,5H,1,10H2/b7-3+,8-6+. The molecule has 0 amide bonds. The average molecular weight is 177 g/mol. The van der Waals surface area contributed by atoms with Gasteiger partial charge in [0.25, 0.3) is 0 Å². The Labute approximate surface area is 73.8 Å². The number of thiazole rings is 1. The Balaban J connectivity index is 3.58. The van der Waals surface area contributed by atoms with Crippen LogP contribution in [0.4, 0.5) is 0 Å². The van der Waals surface area contributed by atoms with Gasteiger partial charge in [-0.2, -0.15) is 5.26 Å². The van der Waals surface area contributed by atoms with Crippen molar-refractivity contribution in [3.63, 3.8) is 0 Å². The summed E-state index contributed by atoms with van der Waals surface area (Å²) in [5, 5.41) is 9.06. The first kappa shape index (κ1) is 8.50. The predicted octanol–water partition coefficient (Wildman–Crippen LogP) is -0.300. The molecule has 0 bridgehead atoms. The molecule has 0 unspecified atom stereocenters. The lowest BCUT2D eigenvalue weighted by molar-refractivity contribution is 1.28. The van der Waals surface area contributed by atoms with Crippen LogP contribution in [0.2, 0.25) is 0 Å². The minimum atomic E-state index is 0.143. The number of hydrogen-bond acceptors (Lipinski definition) is 4. The molecule has 0 radical (unpaired) electrons. The highest BCUT2D eigenvalue weighted by Gasteiger charge is 1.93. The Morgan fingerprint density at radius 3 is 3.17 bits per heavy atom. The fraction of sp³-hybridized carbons (Fsp3) is 0. The van der Waals surface area contributed by atoms with Crippen molar-refractivity contribution in [1.29, 1.82) is 5.26 Å². The Kier molecular flexibility index (Phi) is 2.62. The average Bonchev–Trinajstić information content (AvgIpc) is 2.52. The van der Waals surface area contributed by atoms with Crippen LogP contribution in [0.5, 0.6) is 0 Å². The van der Waals surface area contributed by atoms with Gasteiger partial charge >= 0.3 is 0 Å². The van der Waals surface area contributed by atoms with Crippen LogP contribution in [0.15, 0.2) is 18.2 Å². The summed E-state index contributed by atoms with van der Waals surface area (Å²) in [4.78, 5) is 3.96. The van der Waals surface area contributed by atoms with Crippen molar-refractivity contribution in [3.05, 3.63) is 28.0 Å². The van der Waals surface area contributed by atoms with E-state index in [2.05, 4.69) is 11.6 Å². The van der Waals surface area contributed by atoms with Crippen molar-refractivity contribution in [2.24, 2.45) is 5.73 Å². The molecule has 0 saturated heterocycles. The van der Waals surface area contributed by atoms with Gasteiger partial charge in [0.05, 0.1) is 10.0 Å². The van der Waals surface area contributed by atoms with Gasteiger partial charge in [0.2, 0.25) is 0 Å². The van der Waals surface area contributed by atoms with E-state index in [0.717, 1.165) is 4.53 Å². The monoisotopic (exact) mass is 177 g/mol. The maximum atomic E-state index is 8.51. The molecule has 4 heteroatoms. The van der Waals surface area contributed by atoms with Gasteiger partial charge in [0, 0.05) is 0 Å². The summed E-state index contributed by atoms with van der Waals surface area (Å²) in [5.41, 5.74) is 7.21. The van der Waals surface area contributed by atoms with Crippen molar-refractivity contribution < 1.29 is 0 Å². The third-order valence-corrected chi connectivity index (χ3v) is 2.03. The smallest absolute Gasteiger partial charge is 0.138 e. The van der Waals surface area contributed by atoms with Gasteiger partial charge in [0.1, 0.15) is 17.1 Å². The number of aromatic nitrogens is 1. The summed E-state index contributed by atoms with van der Waals surface area (Å²) in [5.74, 6) is 0. The van der Waals surface area contributed by atoms with Crippen molar-refractivity contribution in [2.45, 2.75) is 0 Å². The number of nitriles is 1. The molecule has 60 valence electrons. The lowest BCUT2D eigenvalue weighted by atomic mass is 10.4. The Morgan fingerprint density at radius 2 is 2.58 bits per heavy atom. The van der Waals surface area contributed by atoms with Crippen LogP contribution in [0.1, 0.15) is 0 Å². The van der Waals surface area contributed by atoms with Gasteiger partial charge in [0.15, 0.2) is 0 Å². The lowest BCUT2D eigenvalue weighted by Crippen LogP contribution is -2.26. The molecule has 1 aromatic heterocycles. The van der Waals surface area contributed by atoms with E-state index >= 15 is 0 Å². The summed E-state index contributed by atoms with van der Waals surface area (Å²) >= 11 is 1.43. The third-order valence-electron chi connectivity index (χ3n) is 1.24. The van der Waals surface area contributed by atoms with Crippen LogP contribution in [0, 0.1) is 11.3 Å². The molecule has 1 aromatic rings. The van der Waals surface area contributed by atoms with Crippen molar-refractivity contribution in [1.82, 2.24) is 4.98 Å². The summed E-state index contributed by atoms with van der Waals surface area (Å²) in [6.45, 7) is 3.55. The molecule has 0 spiro atoms. The topological polar surface area (TPSA) is 62.7 Å². The second kappa shape index (κ2) is 3.69. The minimum absolute atomic E-state index is 0.143. The van der Waals surface area contributed by atoms with Crippen LogP contribution < -0.4 is 15.6 Å². The van der Waals surface area contributed by atoms with Gasteiger partial charge in [-0.15, -0.1) is 11.3 Å². The van der Waals surface area contributed by atoms with Gasteiger partial charge in [-0.1, -0.05) is 12.7 Å². The van der Waals surface area contributed by atoms with Gasteiger partial charge in [-0.25, -0.2) is 4.98 Å². The molecule has 0 aliphatic carbocycles.